The first-order valence-corrected chi connectivity index (χ1v) is 11.9. The van der Waals surface area contributed by atoms with Gasteiger partial charge in [0.05, 0.1) is 28.0 Å². The number of carboxylic acid groups (broad SMARTS) is 1. The number of benzene rings is 2. The van der Waals surface area contributed by atoms with Crippen LogP contribution in [0.5, 0.6) is 0 Å². The quantitative estimate of drug-likeness (QED) is 0.408. The monoisotopic (exact) mass is 493 g/mol. The van der Waals surface area contributed by atoms with Gasteiger partial charge in [-0.05, 0) is 72.8 Å². The van der Waals surface area contributed by atoms with Crippen LogP contribution in [-0.2, 0) is 10.3 Å². The molecular formula is C22H25Cl2N5O2S. The molecule has 2 N–H and O–H groups in total. The number of aliphatic carboxylic acids is 1. The van der Waals surface area contributed by atoms with Crippen molar-refractivity contribution in [3.8, 4) is 0 Å². The van der Waals surface area contributed by atoms with Crippen LogP contribution in [0.2, 0.25) is 10.0 Å². The lowest BCUT2D eigenvalue weighted by molar-refractivity contribution is -0.137. The third kappa shape index (κ3) is 5.81. The van der Waals surface area contributed by atoms with E-state index in [-0.39, 0.29) is 12.0 Å². The van der Waals surface area contributed by atoms with Crippen molar-refractivity contribution in [1.82, 2.24) is 25.5 Å². The number of aromatic nitrogens is 4. The van der Waals surface area contributed by atoms with Gasteiger partial charge in [0, 0.05) is 10.9 Å². The molecule has 0 radical (unpaired) electrons. The molecule has 3 aromatic rings. The number of nitrogens with zero attached hydrogens (tertiary/aromatic N) is 4. The van der Waals surface area contributed by atoms with Gasteiger partial charge in [0.2, 0.25) is 0 Å². The van der Waals surface area contributed by atoms with E-state index in [1.165, 1.54) is 0 Å². The highest BCUT2D eigenvalue weighted by atomic mass is 35.5. The number of carboxylic acids is 1. The van der Waals surface area contributed by atoms with Gasteiger partial charge < -0.3 is 5.11 Å². The molecule has 170 valence electrons. The second kappa shape index (κ2) is 10.2. The Hall–Kier alpha value is -2.13. The van der Waals surface area contributed by atoms with Gasteiger partial charge in [-0.2, -0.15) is 0 Å². The summed E-state index contributed by atoms with van der Waals surface area (Å²) in [5.74, 6) is -0.356. The van der Waals surface area contributed by atoms with E-state index >= 15 is 0 Å². The zero-order chi connectivity index (χ0) is 23.5. The Kier molecular flexibility index (Phi) is 7.82. The van der Waals surface area contributed by atoms with E-state index in [2.05, 4.69) is 20.8 Å². The lowest BCUT2D eigenvalue weighted by Crippen LogP contribution is -2.34. The lowest BCUT2D eigenvalue weighted by atomic mass is 9.98. The van der Waals surface area contributed by atoms with Crippen molar-refractivity contribution in [2.75, 3.05) is 6.26 Å². The molecule has 0 aliphatic heterocycles. The molecule has 0 fully saturated rings. The highest BCUT2D eigenvalue weighted by molar-refractivity contribution is 7.98. The van der Waals surface area contributed by atoms with Gasteiger partial charge in [0.25, 0.3) is 0 Å². The Labute approximate surface area is 201 Å². The first kappa shape index (κ1) is 24.5. The number of hydrogen-bond donors (Lipinski definition) is 2. The van der Waals surface area contributed by atoms with Gasteiger partial charge in [-0.3, -0.25) is 10.1 Å². The maximum atomic E-state index is 11.7. The minimum atomic E-state index is -0.944. The average molecular weight is 494 g/mol. The van der Waals surface area contributed by atoms with E-state index in [4.69, 9.17) is 23.2 Å². The number of halogens is 2. The van der Waals surface area contributed by atoms with E-state index < -0.39 is 18.1 Å². The molecule has 32 heavy (non-hydrogen) atoms. The lowest BCUT2D eigenvalue weighted by Gasteiger charge is -2.28. The first-order chi connectivity index (χ1) is 15.1. The SMILES string of the molecule is CSc1ccc(C(NC(CC(=O)O)c2ccc(Cl)c(Cl)c2)c2nnnn2C(C)(C)C)cc1. The molecule has 0 amide bonds. The van der Waals surface area contributed by atoms with E-state index in [1.54, 1.807) is 34.6 Å². The zero-order valence-corrected chi connectivity index (χ0v) is 20.5. The van der Waals surface area contributed by atoms with Crippen molar-refractivity contribution in [2.24, 2.45) is 0 Å². The molecule has 0 aliphatic carbocycles. The highest BCUT2D eigenvalue weighted by Gasteiger charge is 2.30. The molecule has 2 unspecified atom stereocenters. The van der Waals surface area contributed by atoms with Crippen LogP contribution in [-0.4, -0.2) is 37.5 Å². The van der Waals surface area contributed by atoms with Gasteiger partial charge in [-0.15, -0.1) is 16.9 Å². The van der Waals surface area contributed by atoms with Crippen molar-refractivity contribution in [3.05, 3.63) is 69.5 Å². The molecule has 2 aromatic carbocycles. The molecule has 7 nitrogen and oxygen atoms in total. The topological polar surface area (TPSA) is 92.9 Å². The predicted molar refractivity (Wildman–Crippen MR) is 127 cm³/mol. The Morgan fingerprint density at radius 2 is 1.78 bits per heavy atom. The van der Waals surface area contributed by atoms with E-state index in [0.29, 0.717) is 21.4 Å². The molecule has 0 bridgehead atoms. The molecule has 1 aromatic heterocycles. The fourth-order valence-corrected chi connectivity index (χ4v) is 4.06. The number of carbonyl (C=O) groups is 1. The van der Waals surface area contributed by atoms with Crippen LogP contribution in [0, 0.1) is 0 Å². The summed E-state index contributed by atoms with van der Waals surface area (Å²) < 4.78 is 1.75. The minimum Gasteiger partial charge on any atom is -0.481 e. The summed E-state index contributed by atoms with van der Waals surface area (Å²) in [6.45, 7) is 6.03. The van der Waals surface area contributed by atoms with Crippen molar-refractivity contribution in [2.45, 2.75) is 49.7 Å². The normalized spacial score (nSPS) is 13.7. The summed E-state index contributed by atoms with van der Waals surface area (Å²) in [6, 6.07) is 12.1. The Bertz CT molecular complexity index is 1080. The number of nitrogens with one attached hydrogen (secondary N) is 1. The fraction of sp³-hybridized carbons (Fsp3) is 0.364. The largest absolute Gasteiger partial charge is 0.481 e. The summed E-state index contributed by atoms with van der Waals surface area (Å²) in [7, 11) is 0. The highest BCUT2D eigenvalue weighted by Crippen LogP contribution is 2.32. The van der Waals surface area contributed by atoms with E-state index in [9.17, 15) is 9.90 Å². The second-order valence-corrected chi connectivity index (χ2v) is 10.0. The zero-order valence-electron chi connectivity index (χ0n) is 18.2. The molecule has 0 saturated heterocycles. The average Bonchev–Trinajstić information content (AvgIpc) is 3.23. The molecule has 1 heterocycles. The Balaban J connectivity index is 2.09. The van der Waals surface area contributed by atoms with Crippen LogP contribution in [0.1, 0.15) is 56.2 Å². The smallest absolute Gasteiger partial charge is 0.305 e. The molecular weight excluding hydrogens is 469 g/mol. The van der Waals surface area contributed by atoms with Gasteiger partial charge in [0.1, 0.15) is 0 Å². The maximum absolute atomic E-state index is 11.7. The van der Waals surface area contributed by atoms with Crippen LogP contribution in [0.25, 0.3) is 0 Å². The minimum absolute atomic E-state index is 0.158. The Morgan fingerprint density at radius 3 is 2.34 bits per heavy atom. The molecule has 0 saturated carbocycles. The standard InChI is InChI=1S/C22H25Cl2N5O2S/c1-22(2,3)29-21(26-27-28-29)20(13-5-8-15(32-4)9-6-13)25-18(12-19(30)31)14-7-10-16(23)17(24)11-14/h5-11,18,20,25H,12H2,1-4H3,(H,30,31). The second-order valence-electron chi connectivity index (χ2n) is 8.32. The van der Waals surface area contributed by atoms with E-state index in [1.807, 2.05) is 51.3 Å². The molecule has 10 heteroatoms. The number of hydrogen-bond acceptors (Lipinski definition) is 6. The summed E-state index contributed by atoms with van der Waals surface area (Å²) in [5.41, 5.74) is 1.25. The summed E-state index contributed by atoms with van der Waals surface area (Å²) in [6.07, 6.45) is 1.85. The molecule has 3 rings (SSSR count). The summed E-state index contributed by atoms with van der Waals surface area (Å²) in [4.78, 5) is 12.8. The van der Waals surface area contributed by atoms with Gasteiger partial charge in [0.15, 0.2) is 5.82 Å². The van der Waals surface area contributed by atoms with Crippen LogP contribution in [0.3, 0.4) is 0 Å². The van der Waals surface area contributed by atoms with Gasteiger partial charge in [-0.25, -0.2) is 4.68 Å². The van der Waals surface area contributed by atoms with E-state index in [0.717, 1.165) is 10.5 Å². The van der Waals surface area contributed by atoms with Crippen molar-refractivity contribution in [3.63, 3.8) is 0 Å². The van der Waals surface area contributed by atoms with Crippen LogP contribution >= 0.6 is 35.0 Å². The number of rotatable bonds is 8. The first-order valence-electron chi connectivity index (χ1n) is 9.95. The van der Waals surface area contributed by atoms with Crippen LogP contribution < -0.4 is 5.32 Å². The molecule has 2 atom stereocenters. The van der Waals surface area contributed by atoms with Gasteiger partial charge in [-0.1, -0.05) is 41.4 Å². The predicted octanol–water partition coefficient (Wildman–Crippen LogP) is 5.35. The number of tetrazole rings is 1. The third-order valence-electron chi connectivity index (χ3n) is 4.93. The Morgan fingerprint density at radius 1 is 1.12 bits per heavy atom. The number of thioether (sulfide) groups is 1. The third-order valence-corrected chi connectivity index (χ3v) is 6.41. The van der Waals surface area contributed by atoms with Gasteiger partial charge >= 0.3 is 5.97 Å². The van der Waals surface area contributed by atoms with Crippen LogP contribution in [0.15, 0.2) is 47.4 Å². The van der Waals surface area contributed by atoms with Crippen molar-refractivity contribution < 1.29 is 9.90 Å². The maximum Gasteiger partial charge on any atom is 0.305 e. The summed E-state index contributed by atoms with van der Waals surface area (Å²) in [5, 5.41) is 26.2. The van der Waals surface area contributed by atoms with Crippen molar-refractivity contribution in [1.29, 1.82) is 0 Å². The van der Waals surface area contributed by atoms with Crippen molar-refractivity contribution >= 4 is 40.9 Å². The molecule has 0 spiro atoms. The fourth-order valence-electron chi connectivity index (χ4n) is 3.35. The summed E-state index contributed by atoms with van der Waals surface area (Å²) >= 11 is 13.9. The van der Waals surface area contributed by atoms with Crippen LogP contribution in [0.4, 0.5) is 0 Å². The molecule has 0 aliphatic rings.